The van der Waals surface area contributed by atoms with Gasteiger partial charge in [-0.05, 0) is 37.0 Å². The molecule has 1 unspecified atom stereocenters. The van der Waals surface area contributed by atoms with Gasteiger partial charge in [0, 0.05) is 17.6 Å². The predicted octanol–water partition coefficient (Wildman–Crippen LogP) is 4.50. The first-order valence-corrected chi connectivity index (χ1v) is 8.30. The van der Waals surface area contributed by atoms with E-state index in [1.54, 1.807) is 18.2 Å². The zero-order valence-electron chi connectivity index (χ0n) is 13.3. The molecule has 24 heavy (non-hydrogen) atoms. The van der Waals surface area contributed by atoms with Gasteiger partial charge in [-0.2, -0.15) is 5.26 Å². The van der Waals surface area contributed by atoms with Gasteiger partial charge in [-0.3, -0.25) is 5.32 Å². The normalized spacial score (nSPS) is 11.7. The summed E-state index contributed by atoms with van der Waals surface area (Å²) >= 11 is 5.98. The summed E-state index contributed by atoms with van der Waals surface area (Å²) in [5, 5.41) is 12.7. The molecular formula is C19H20ClFN2O. The van der Waals surface area contributed by atoms with Gasteiger partial charge in [-0.25, -0.2) is 4.39 Å². The van der Waals surface area contributed by atoms with Gasteiger partial charge in [0.1, 0.15) is 24.7 Å². The Morgan fingerprint density at radius 1 is 1.21 bits per heavy atom. The molecule has 0 heterocycles. The fraction of sp³-hybridized carbons (Fsp3) is 0.316. The highest BCUT2D eigenvalue weighted by Crippen LogP contribution is 2.24. The molecule has 0 aliphatic heterocycles. The van der Waals surface area contributed by atoms with Crippen LogP contribution in [0.3, 0.4) is 0 Å². The Morgan fingerprint density at radius 2 is 2.00 bits per heavy atom. The molecule has 0 saturated carbocycles. The van der Waals surface area contributed by atoms with Crippen LogP contribution in [0.4, 0.5) is 4.39 Å². The third kappa shape index (κ3) is 5.84. The van der Waals surface area contributed by atoms with E-state index in [1.165, 1.54) is 5.56 Å². The lowest BCUT2D eigenvalue weighted by atomic mass is 10.1. The van der Waals surface area contributed by atoms with Gasteiger partial charge in [0.2, 0.25) is 0 Å². The molecular weight excluding hydrogens is 327 g/mol. The first-order chi connectivity index (χ1) is 11.7. The van der Waals surface area contributed by atoms with Crippen LogP contribution >= 0.6 is 11.6 Å². The van der Waals surface area contributed by atoms with E-state index in [0.29, 0.717) is 22.8 Å². The molecule has 0 spiro atoms. The third-order valence-electron chi connectivity index (χ3n) is 3.57. The van der Waals surface area contributed by atoms with Crippen molar-refractivity contribution < 1.29 is 9.13 Å². The van der Waals surface area contributed by atoms with Gasteiger partial charge in [0.25, 0.3) is 0 Å². The van der Waals surface area contributed by atoms with Crippen LogP contribution in [0.15, 0.2) is 48.5 Å². The summed E-state index contributed by atoms with van der Waals surface area (Å²) < 4.78 is 18.4. The number of nitriles is 1. The zero-order chi connectivity index (χ0) is 17.2. The van der Waals surface area contributed by atoms with Crippen LogP contribution in [0.2, 0.25) is 5.02 Å². The van der Waals surface area contributed by atoms with Gasteiger partial charge in [0.05, 0.1) is 5.56 Å². The molecule has 0 radical (unpaired) electrons. The maximum atomic E-state index is 12.5. The fourth-order valence-electron chi connectivity index (χ4n) is 2.39. The van der Waals surface area contributed by atoms with Crippen molar-refractivity contribution in [2.24, 2.45) is 0 Å². The molecule has 1 N–H and O–H groups in total. The molecule has 0 bridgehead atoms. The number of nitrogens with zero attached hydrogens (tertiary/aromatic N) is 1. The fourth-order valence-corrected chi connectivity index (χ4v) is 2.56. The summed E-state index contributed by atoms with van der Waals surface area (Å²) in [6.07, 6.45) is 2.14. The maximum Gasteiger partial charge on any atom is 0.150 e. The van der Waals surface area contributed by atoms with Crippen LogP contribution in [0.25, 0.3) is 0 Å². The number of aryl methyl sites for hydroxylation is 1. The zero-order valence-corrected chi connectivity index (χ0v) is 14.1. The summed E-state index contributed by atoms with van der Waals surface area (Å²) in [6.45, 7) is -0.266. The third-order valence-corrected chi connectivity index (χ3v) is 3.81. The van der Waals surface area contributed by atoms with Gasteiger partial charge >= 0.3 is 0 Å². The summed E-state index contributed by atoms with van der Waals surface area (Å²) in [5.74, 6) is 0.418. The molecule has 0 aromatic heterocycles. The molecule has 1 atom stereocenters. The van der Waals surface area contributed by atoms with Crippen LogP contribution in [0.5, 0.6) is 5.75 Å². The number of alkyl halides is 1. The number of hydrogen-bond donors (Lipinski definition) is 1. The molecule has 2 rings (SSSR count). The molecule has 2 aromatic carbocycles. The van der Waals surface area contributed by atoms with Crippen LogP contribution in [-0.2, 0) is 6.42 Å². The predicted molar refractivity (Wildman–Crippen MR) is 93.9 cm³/mol. The minimum absolute atomic E-state index is 0.207. The quantitative estimate of drug-likeness (QED) is 0.680. The van der Waals surface area contributed by atoms with E-state index in [4.69, 9.17) is 21.6 Å². The topological polar surface area (TPSA) is 45.0 Å². The van der Waals surface area contributed by atoms with Crippen molar-refractivity contribution in [3.8, 4) is 11.8 Å². The second kappa shape index (κ2) is 9.92. The van der Waals surface area contributed by atoms with Crippen molar-refractivity contribution in [1.82, 2.24) is 5.32 Å². The Hall–Kier alpha value is -2.09. The summed E-state index contributed by atoms with van der Waals surface area (Å²) in [6, 6.07) is 17.1. The average molecular weight is 347 g/mol. The van der Waals surface area contributed by atoms with Crippen LogP contribution in [0.1, 0.15) is 24.0 Å². The minimum atomic E-state index is -0.473. The molecule has 0 saturated heterocycles. The number of rotatable bonds is 9. The maximum absolute atomic E-state index is 12.5. The van der Waals surface area contributed by atoms with Crippen LogP contribution < -0.4 is 10.1 Å². The average Bonchev–Trinajstić information content (AvgIpc) is 2.60. The lowest BCUT2D eigenvalue weighted by Crippen LogP contribution is -2.36. The number of ether oxygens (including phenoxy) is 1. The van der Waals surface area contributed by atoms with E-state index in [1.807, 2.05) is 18.2 Å². The van der Waals surface area contributed by atoms with E-state index >= 15 is 0 Å². The Morgan fingerprint density at radius 3 is 2.71 bits per heavy atom. The van der Waals surface area contributed by atoms with Crippen molar-refractivity contribution >= 4 is 11.6 Å². The number of nitrogens with one attached hydrogen (secondary N) is 1. The summed E-state index contributed by atoms with van der Waals surface area (Å²) in [5.41, 5.74) is 1.66. The molecule has 5 heteroatoms. The van der Waals surface area contributed by atoms with Crippen molar-refractivity contribution in [2.75, 3.05) is 13.2 Å². The summed E-state index contributed by atoms with van der Waals surface area (Å²) in [7, 11) is 0. The molecule has 0 aliphatic carbocycles. The van der Waals surface area contributed by atoms with Gasteiger partial charge in [-0.15, -0.1) is 0 Å². The van der Waals surface area contributed by atoms with E-state index in [9.17, 15) is 4.39 Å². The highest BCUT2D eigenvalue weighted by molar-refractivity contribution is 6.30. The van der Waals surface area contributed by atoms with Crippen molar-refractivity contribution in [3.63, 3.8) is 0 Å². The van der Waals surface area contributed by atoms with E-state index < -0.39 is 6.67 Å². The number of halogens is 2. The van der Waals surface area contributed by atoms with E-state index in [2.05, 4.69) is 23.5 Å². The minimum Gasteiger partial charge on any atom is -0.474 e. The molecule has 2 aromatic rings. The first kappa shape index (κ1) is 18.3. The molecule has 3 nitrogen and oxygen atoms in total. The highest BCUT2D eigenvalue weighted by atomic mass is 35.5. The second-order valence-corrected chi connectivity index (χ2v) is 5.82. The second-order valence-electron chi connectivity index (χ2n) is 5.38. The standard InChI is InChI=1S/C19H20ClFN2O/c20-17-10-9-16(14-22)18(13-17)24-19(23-12-11-21)8-4-7-15-5-2-1-3-6-15/h1-3,5-6,9-10,13,19,23H,4,7-8,11-12H2. The molecule has 0 aliphatic rings. The molecule has 0 fully saturated rings. The number of hydrogen-bond acceptors (Lipinski definition) is 3. The smallest absolute Gasteiger partial charge is 0.150 e. The van der Waals surface area contributed by atoms with Gasteiger partial charge in [0.15, 0.2) is 0 Å². The highest BCUT2D eigenvalue weighted by Gasteiger charge is 2.13. The van der Waals surface area contributed by atoms with E-state index in [-0.39, 0.29) is 12.8 Å². The Bertz CT molecular complexity index is 673. The number of benzene rings is 2. The lowest BCUT2D eigenvalue weighted by Gasteiger charge is -2.21. The summed E-state index contributed by atoms with van der Waals surface area (Å²) in [4.78, 5) is 0. The van der Waals surface area contributed by atoms with Gasteiger partial charge in [-0.1, -0.05) is 41.9 Å². The Kier molecular flexibility index (Phi) is 7.54. The van der Waals surface area contributed by atoms with Crippen LogP contribution in [0, 0.1) is 11.3 Å². The first-order valence-electron chi connectivity index (χ1n) is 7.92. The largest absolute Gasteiger partial charge is 0.474 e. The van der Waals surface area contributed by atoms with Crippen molar-refractivity contribution in [2.45, 2.75) is 25.5 Å². The monoisotopic (exact) mass is 346 g/mol. The molecule has 0 amide bonds. The lowest BCUT2D eigenvalue weighted by molar-refractivity contribution is 0.148. The van der Waals surface area contributed by atoms with Crippen molar-refractivity contribution in [3.05, 3.63) is 64.7 Å². The van der Waals surface area contributed by atoms with Gasteiger partial charge < -0.3 is 4.74 Å². The van der Waals surface area contributed by atoms with E-state index in [0.717, 1.165) is 12.8 Å². The Balaban J connectivity index is 1.97. The Labute approximate surface area is 147 Å². The molecule has 126 valence electrons. The van der Waals surface area contributed by atoms with Crippen molar-refractivity contribution in [1.29, 1.82) is 5.26 Å². The SMILES string of the molecule is N#Cc1ccc(Cl)cc1OC(CCCc1ccccc1)NCCF. The van der Waals surface area contributed by atoms with Crippen LogP contribution in [-0.4, -0.2) is 19.4 Å².